The highest BCUT2D eigenvalue weighted by atomic mass is 32.2. The number of amides is 1. The zero-order valence-electron chi connectivity index (χ0n) is 10.3. The predicted octanol–water partition coefficient (Wildman–Crippen LogP) is -0.365. The number of carbonyl (C=O) groups excluding carboxylic acids is 1. The number of amidine groups is 1. The molecule has 0 aliphatic carbocycles. The summed E-state index contributed by atoms with van der Waals surface area (Å²) in [6, 6.07) is 7.67. The van der Waals surface area contributed by atoms with E-state index in [9.17, 15) is 13.2 Å². The van der Waals surface area contributed by atoms with Crippen molar-refractivity contribution in [2.75, 3.05) is 12.0 Å². The normalized spacial score (nSPS) is 13.8. The third-order valence-electron chi connectivity index (χ3n) is 2.24. The lowest BCUT2D eigenvalue weighted by Crippen LogP contribution is -2.40. The van der Waals surface area contributed by atoms with Gasteiger partial charge in [-0.05, 0) is 5.56 Å². The van der Waals surface area contributed by atoms with Gasteiger partial charge in [0.25, 0.3) is 0 Å². The molecular formula is C11H15N3O4S. The maximum atomic E-state index is 11.6. The monoisotopic (exact) mass is 285 g/mol. The fourth-order valence-corrected chi connectivity index (χ4v) is 2.03. The zero-order valence-corrected chi connectivity index (χ0v) is 11.1. The van der Waals surface area contributed by atoms with Crippen LogP contribution in [0.4, 0.5) is 0 Å². The average Bonchev–Trinajstić information content (AvgIpc) is 2.34. The highest BCUT2D eigenvalue weighted by Gasteiger charge is 2.21. The molecule has 0 radical (unpaired) electrons. The molecule has 1 aromatic rings. The largest absolute Gasteiger partial charge is 0.409 e. The molecule has 0 bridgehead atoms. The molecule has 19 heavy (non-hydrogen) atoms. The minimum atomic E-state index is -3.44. The summed E-state index contributed by atoms with van der Waals surface area (Å²) >= 11 is 0. The molecule has 7 nitrogen and oxygen atoms in total. The second-order valence-corrected chi connectivity index (χ2v) is 6.15. The van der Waals surface area contributed by atoms with Crippen LogP contribution in [0.15, 0.2) is 35.5 Å². The van der Waals surface area contributed by atoms with Crippen molar-refractivity contribution in [3.8, 4) is 0 Å². The van der Waals surface area contributed by atoms with Crippen molar-refractivity contribution in [2.24, 2.45) is 10.9 Å². The number of carbonyl (C=O) groups is 1. The maximum absolute atomic E-state index is 11.6. The van der Waals surface area contributed by atoms with E-state index in [4.69, 9.17) is 10.9 Å². The number of oxime groups is 1. The van der Waals surface area contributed by atoms with Gasteiger partial charge in [0.15, 0.2) is 15.7 Å². The van der Waals surface area contributed by atoms with Gasteiger partial charge in [-0.3, -0.25) is 4.79 Å². The van der Waals surface area contributed by atoms with E-state index in [-0.39, 0.29) is 5.84 Å². The molecule has 8 heteroatoms. The van der Waals surface area contributed by atoms with Gasteiger partial charge < -0.3 is 16.3 Å². The second kappa shape index (κ2) is 6.19. The van der Waals surface area contributed by atoms with Gasteiger partial charge in [0.05, 0.1) is 0 Å². The van der Waals surface area contributed by atoms with E-state index in [1.807, 2.05) is 0 Å². The van der Waals surface area contributed by atoms with Gasteiger partial charge in [-0.1, -0.05) is 35.5 Å². The van der Waals surface area contributed by atoms with Gasteiger partial charge in [0.1, 0.15) is 11.8 Å². The van der Waals surface area contributed by atoms with Gasteiger partial charge in [-0.25, -0.2) is 8.42 Å². The number of hydrogen-bond donors (Lipinski definition) is 3. The van der Waals surface area contributed by atoms with Crippen LogP contribution in [0.1, 0.15) is 11.6 Å². The molecule has 1 atom stereocenters. The lowest BCUT2D eigenvalue weighted by Gasteiger charge is -2.17. The smallest absolute Gasteiger partial charge is 0.236 e. The molecule has 104 valence electrons. The molecule has 1 rings (SSSR count). The first-order valence-electron chi connectivity index (χ1n) is 5.33. The number of nitrogens with zero attached hydrogens (tertiary/aromatic N) is 1. The first kappa shape index (κ1) is 15.0. The summed E-state index contributed by atoms with van der Waals surface area (Å²) in [5.41, 5.74) is 6.08. The molecule has 0 fully saturated rings. The van der Waals surface area contributed by atoms with Crippen molar-refractivity contribution in [2.45, 2.75) is 6.04 Å². The van der Waals surface area contributed by atoms with Crippen LogP contribution in [0, 0.1) is 0 Å². The summed E-state index contributed by atoms with van der Waals surface area (Å²) in [7, 11) is -3.44. The van der Waals surface area contributed by atoms with Gasteiger partial charge >= 0.3 is 0 Å². The molecule has 0 aromatic heterocycles. The Morgan fingerprint density at radius 2 is 2.00 bits per heavy atom. The zero-order chi connectivity index (χ0) is 14.5. The minimum absolute atomic E-state index is 0.229. The van der Waals surface area contributed by atoms with Gasteiger partial charge in [-0.2, -0.15) is 0 Å². The van der Waals surface area contributed by atoms with Crippen molar-refractivity contribution >= 4 is 21.6 Å². The van der Waals surface area contributed by atoms with E-state index in [0.717, 1.165) is 6.26 Å². The van der Waals surface area contributed by atoms with Gasteiger partial charge in [-0.15, -0.1) is 0 Å². The first-order chi connectivity index (χ1) is 8.83. The van der Waals surface area contributed by atoms with Crippen LogP contribution in [0.2, 0.25) is 0 Å². The summed E-state index contributed by atoms with van der Waals surface area (Å²) in [5, 5.41) is 14.0. The highest BCUT2D eigenvalue weighted by Crippen LogP contribution is 2.12. The Hall–Kier alpha value is -2.09. The lowest BCUT2D eigenvalue weighted by molar-refractivity contribution is -0.119. The molecule has 1 unspecified atom stereocenters. The Bertz CT molecular complexity index is 569. The summed E-state index contributed by atoms with van der Waals surface area (Å²) in [6.07, 6.45) is 0.952. The Kier molecular flexibility index (Phi) is 4.87. The molecule has 0 aliphatic rings. The number of benzene rings is 1. The molecule has 1 amide bonds. The summed E-state index contributed by atoms with van der Waals surface area (Å²) in [5.74, 6) is -1.61. The summed E-state index contributed by atoms with van der Waals surface area (Å²) in [6.45, 7) is 0. The molecule has 0 aliphatic heterocycles. The third-order valence-corrected chi connectivity index (χ3v) is 3.03. The number of sulfone groups is 1. The van der Waals surface area contributed by atoms with Crippen LogP contribution >= 0.6 is 0 Å². The quantitative estimate of drug-likeness (QED) is 0.295. The SMILES string of the molecule is CS(=O)(=O)CC(=O)NC(C(N)=NO)c1ccccc1. The highest BCUT2D eigenvalue weighted by molar-refractivity contribution is 7.91. The number of hydrogen-bond acceptors (Lipinski definition) is 5. The van der Waals surface area contributed by atoms with E-state index < -0.39 is 27.5 Å². The van der Waals surface area contributed by atoms with Crippen molar-refractivity contribution in [1.82, 2.24) is 5.32 Å². The van der Waals surface area contributed by atoms with Crippen LogP contribution in [-0.2, 0) is 14.6 Å². The summed E-state index contributed by atoms with van der Waals surface area (Å²) < 4.78 is 22.1. The molecule has 0 spiro atoms. The molecule has 0 heterocycles. The second-order valence-electron chi connectivity index (χ2n) is 4.01. The van der Waals surface area contributed by atoms with Crippen LogP contribution in [0.5, 0.6) is 0 Å². The summed E-state index contributed by atoms with van der Waals surface area (Å²) in [4.78, 5) is 11.6. The van der Waals surface area contributed by atoms with Crippen molar-refractivity contribution in [1.29, 1.82) is 0 Å². The van der Waals surface area contributed by atoms with Crippen LogP contribution in [0.25, 0.3) is 0 Å². The van der Waals surface area contributed by atoms with Crippen LogP contribution in [-0.4, -0.2) is 37.4 Å². The Labute approximate surface area is 111 Å². The molecule has 4 N–H and O–H groups in total. The molecule has 1 aromatic carbocycles. The Morgan fingerprint density at radius 1 is 1.42 bits per heavy atom. The average molecular weight is 285 g/mol. The fourth-order valence-electron chi connectivity index (χ4n) is 1.47. The number of nitrogens with one attached hydrogen (secondary N) is 1. The van der Waals surface area contributed by atoms with Crippen molar-refractivity contribution in [3.63, 3.8) is 0 Å². The third kappa shape index (κ3) is 4.96. The van der Waals surface area contributed by atoms with Crippen molar-refractivity contribution < 1.29 is 18.4 Å². The van der Waals surface area contributed by atoms with Crippen LogP contribution < -0.4 is 11.1 Å². The van der Waals surface area contributed by atoms with E-state index in [1.54, 1.807) is 30.3 Å². The molecular weight excluding hydrogens is 270 g/mol. The number of nitrogens with two attached hydrogens (primary N) is 1. The van der Waals surface area contributed by atoms with E-state index in [1.165, 1.54) is 0 Å². The van der Waals surface area contributed by atoms with E-state index in [0.29, 0.717) is 5.56 Å². The van der Waals surface area contributed by atoms with E-state index >= 15 is 0 Å². The van der Waals surface area contributed by atoms with Gasteiger partial charge in [0, 0.05) is 6.26 Å². The van der Waals surface area contributed by atoms with Crippen molar-refractivity contribution in [3.05, 3.63) is 35.9 Å². The Morgan fingerprint density at radius 3 is 2.47 bits per heavy atom. The van der Waals surface area contributed by atoms with Crippen LogP contribution in [0.3, 0.4) is 0 Å². The van der Waals surface area contributed by atoms with Gasteiger partial charge in [0.2, 0.25) is 5.91 Å². The first-order valence-corrected chi connectivity index (χ1v) is 7.39. The molecule has 0 saturated carbocycles. The van der Waals surface area contributed by atoms with E-state index in [2.05, 4.69) is 10.5 Å². The predicted molar refractivity (Wildman–Crippen MR) is 70.4 cm³/mol. The standard InChI is InChI=1S/C11H15N3O4S/c1-19(17,18)7-9(15)13-10(11(12)14-16)8-5-3-2-4-6-8/h2-6,10,16H,7H2,1H3,(H2,12,14)(H,13,15). The topological polar surface area (TPSA) is 122 Å². The number of rotatable bonds is 5. The Balaban J connectivity index is 2.92. The fraction of sp³-hybridized carbons (Fsp3) is 0.273. The molecule has 0 saturated heterocycles. The lowest BCUT2D eigenvalue weighted by atomic mass is 10.1. The minimum Gasteiger partial charge on any atom is -0.409 e. The maximum Gasteiger partial charge on any atom is 0.236 e.